The molecule has 1 rings (SSSR count). The van der Waals surface area contributed by atoms with E-state index >= 15 is 0 Å². The third-order valence-corrected chi connectivity index (χ3v) is 1.82. The summed E-state index contributed by atoms with van der Waals surface area (Å²) in [7, 11) is -0.833. The molecule has 0 radical (unpaired) electrons. The summed E-state index contributed by atoms with van der Waals surface area (Å²) in [5, 5.41) is 8.47. The molecule has 0 bridgehead atoms. The van der Waals surface area contributed by atoms with Crippen molar-refractivity contribution in [1.82, 2.24) is 0 Å². The Morgan fingerprint density at radius 3 is 2.19 bits per heavy atom. The van der Waals surface area contributed by atoms with E-state index < -0.39 is 14.7 Å². The second kappa shape index (κ2) is 8.77. The molecule has 1 aromatic carbocycles. The molecule has 0 saturated heterocycles. The molecule has 86 valence electrons. The number of hydrogen-bond donors (Lipinski definition) is 2. The lowest BCUT2D eigenvalue weighted by Gasteiger charge is -2.02. The van der Waals surface area contributed by atoms with Crippen molar-refractivity contribution < 1.29 is 19.4 Å². The maximum atomic E-state index is 10.3. The highest BCUT2D eigenvalue weighted by Crippen LogP contribution is 2.16. The number of benzene rings is 1. The monoisotopic (exact) mass is 240 g/mol. The third-order valence-electron chi connectivity index (χ3n) is 1.82. The Morgan fingerprint density at radius 1 is 1.25 bits per heavy atom. The number of hydrogen-bond acceptors (Lipinski definition) is 2. The normalized spacial score (nSPS) is 9.06. The fourth-order valence-corrected chi connectivity index (χ4v) is 1.08. The van der Waals surface area contributed by atoms with E-state index in [1.54, 1.807) is 0 Å². The number of rotatable bonds is 4. The van der Waals surface area contributed by atoms with Gasteiger partial charge in [-0.05, 0) is 17.6 Å². The molecule has 0 unspecified atom stereocenters. The minimum Gasteiger partial charge on any atom is -0.481 e. The van der Waals surface area contributed by atoms with Crippen LogP contribution in [0.15, 0.2) is 36.9 Å². The lowest BCUT2D eigenvalue weighted by atomic mass is 10.0. The lowest BCUT2D eigenvalue weighted by molar-refractivity contribution is -0.136. The van der Waals surface area contributed by atoms with Crippen LogP contribution >= 0.6 is 8.69 Å². The highest BCUT2D eigenvalue weighted by molar-refractivity contribution is 7.16. The zero-order valence-electron chi connectivity index (χ0n) is 8.67. The van der Waals surface area contributed by atoms with Crippen LogP contribution in [0, 0.1) is 0 Å². The van der Waals surface area contributed by atoms with Gasteiger partial charge in [-0.2, -0.15) is 0 Å². The van der Waals surface area contributed by atoms with Crippen molar-refractivity contribution in [2.45, 2.75) is 12.8 Å². The van der Waals surface area contributed by atoms with Gasteiger partial charge in [0.05, 0.1) is 0 Å². The SMILES string of the molecule is C=C(CCC(=O)O)c1ccccc1.O=PO. The van der Waals surface area contributed by atoms with Gasteiger partial charge in [0.2, 0.25) is 0 Å². The maximum absolute atomic E-state index is 10.3. The van der Waals surface area contributed by atoms with Crippen LogP contribution in [-0.2, 0) is 9.36 Å². The third kappa shape index (κ3) is 6.87. The van der Waals surface area contributed by atoms with Gasteiger partial charge in [0, 0.05) is 6.42 Å². The fourth-order valence-electron chi connectivity index (χ4n) is 1.08. The summed E-state index contributed by atoms with van der Waals surface area (Å²) in [6.07, 6.45) is 0.660. The molecule has 0 aliphatic rings. The molecule has 4 nitrogen and oxygen atoms in total. The van der Waals surface area contributed by atoms with Gasteiger partial charge in [0.1, 0.15) is 0 Å². The van der Waals surface area contributed by atoms with Crippen LogP contribution in [0.5, 0.6) is 0 Å². The first-order valence-corrected chi connectivity index (χ1v) is 5.30. The number of carboxylic acid groups (broad SMARTS) is 1. The van der Waals surface area contributed by atoms with Crippen molar-refractivity contribution >= 4 is 20.2 Å². The Hall–Kier alpha value is -1.51. The molecule has 2 N–H and O–H groups in total. The Morgan fingerprint density at radius 2 is 1.75 bits per heavy atom. The molecular formula is C11H13O4P. The second-order valence-electron chi connectivity index (χ2n) is 2.94. The summed E-state index contributed by atoms with van der Waals surface area (Å²) < 4.78 is 8.46. The zero-order chi connectivity index (χ0) is 12.4. The minimum absolute atomic E-state index is 0.147. The summed E-state index contributed by atoms with van der Waals surface area (Å²) >= 11 is 0. The molecular weight excluding hydrogens is 227 g/mol. The molecule has 0 spiro atoms. The van der Waals surface area contributed by atoms with Crippen molar-refractivity contribution in [2.24, 2.45) is 0 Å². The number of aliphatic carboxylic acids is 1. The second-order valence-corrected chi connectivity index (χ2v) is 3.11. The largest absolute Gasteiger partial charge is 0.481 e. The topological polar surface area (TPSA) is 74.6 Å². The highest BCUT2D eigenvalue weighted by Gasteiger charge is 2.01. The van der Waals surface area contributed by atoms with Gasteiger partial charge in [-0.15, -0.1) is 0 Å². The number of carboxylic acids is 1. The molecule has 16 heavy (non-hydrogen) atoms. The van der Waals surface area contributed by atoms with Crippen LogP contribution in [0.1, 0.15) is 18.4 Å². The van der Waals surface area contributed by atoms with E-state index in [-0.39, 0.29) is 6.42 Å². The first kappa shape index (κ1) is 14.5. The smallest absolute Gasteiger partial charge is 0.324 e. The summed E-state index contributed by atoms with van der Waals surface area (Å²) in [4.78, 5) is 17.3. The van der Waals surface area contributed by atoms with E-state index in [9.17, 15) is 4.79 Å². The van der Waals surface area contributed by atoms with Crippen molar-refractivity contribution in [3.05, 3.63) is 42.5 Å². The van der Waals surface area contributed by atoms with Crippen LogP contribution in [0.4, 0.5) is 0 Å². The fraction of sp³-hybridized carbons (Fsp3) is 0.182. The van der Waals surface area contributed by atoms with Gasteiger partial charge >= 0.3 is 14.7 Å². The van der Waals surface area contributed by atoms with Gasteiger partial charge in [-0.3, -0.25) is 4.79 Å². The molecule has 0 atom stereocenters. The molecule has 0 saturated carbocycles. The van der Waals surface area contributed by atoms with Crippen molar-refractivity contribution in [1.29, 1.82) is 0 Å². The van der Waals surface area contributed by atoms with Crippen LogP contribution in [0.25, 0.3) is 5.57 Å². The molecule has 5 heteroatoms. The first-order chi connectivity index (χ1) is 7.61. The van der Waals surface area contributed by atoms with E-state index in [0.29, 0.717) is 6.42 Å². The van der Waals surface area contributed by atoms with Crippen molar-refractivity contribution in [2.75, 3.05) is 0 Å². The Kier molecular flexibility index (Phi) is 7.94. The Bertz CT molecular complexity index is 348. The van der Waals surface area contributed by atoms with Gasteiger partial charge < -0.3 is 10.00 Å². The predicted molar refractivity (Wildman–Crippen MR) is 62.2 cm³/mol. The summed E-state index contributed by atoms with van der Waals surface area (Å²) in [5.74, 6) is -0.780. The van der Waals surface area contributed by atoms with Gasteiger partial charge in [0.25, 0.3) is 0 Å². The van der Waals surface area contributed by atoms with Gasteiger partial charge in [0.15, 0.2) is 0 Å². The lowest BCUT2D eigenvalue weighted by Crippen LogP contribution is -1.94. The van der Waals surface area contributed by atoms with Gasteiger partial charge in [-0.25, -0.2) is 4.57 Å². The van der Waals surface area contributed by atoms with Gasteiger partial charge in [-0.1, -0.05) is 36.9 Å². The Labute approximate surface area is 95.5 Å². The zero-order valence-corrected chi connectivity index (χ0v) is 9.56. The van der Waals surface area contributed by atoms with E-state index in [1.807, 2.05) is 30.3 Å². The minimum atomic E-state index is -0.833. The number of allylic oxidation sites excluding steroid dienone is 1. The molecule has 0 heterocycles. The quantitative estimate of drug-likeness (QED) is 0.793. The average Bonchev–Trinajstić information content (AvgIpc) is 2.28. The van der Waals surface area contributed by atoms with E-state index in [1.165, 1.54) is 0 Å². The van der Waals surface area contributed by atoms with Crippen LogP contribution in [0.3, 0.4) is 0 Å². The molecule has 0 aliphatic carbocycles. The molecule has 0 amide bonds. The average molecular weight is 240 g/mol. The van der Waals surface area contributed by atoms with Crippen LogP contribution < -0.4 is 0 Å². The predicted octanol–water partition coefficient (Wildman–Crippen LogP) is 2.75. The molecule has 0 aromatic heterocycles. The standard InChI is InChI=1S/C11H12O2.HO2P/c1-9(7-8-11(12)13)10-5-3-2-4-6-10;1-3-2/h2-6H,1,7-8H2,(H,12,13);(H,1,2). The summed E-state index contributed by atoms with van der Waals surface area (Å²) in [5.41, 5.74) is 1.90. The van der Waals surface area contributed by atoms with E-state index in [0.717, 1.165) is 11.1 Å². The summed E-state index contributed by atoms with van der Waals surface area (Å²) in [6.45, 7) is 3.83. The van der Waals surface area contributed by atoms with Crippen molar-refractivity contribution in [3.63, 3.8) is 0 Å². The number of carbonyl (C=O) groups is 1. The summed E-state index contributed by atoms with van der Waals surface area (Å²) in [6, 6.07) is 9.63. The first-order valence-electron chi connectivity index (χ1n) is 4.53. The van der Waals surface area contributed by atoms with Crippen LogP contribution in [0.2, 0.25) is 0 Å². The molecule has 0 fully saturated rings. The maximum Gasteiger partial charge on any atom is 0.324 e. The molecule has 1 aromatic rings. The van der Waals surface area contributed by atoms with E-state index in [2.05, 4.69) is 6.58 Å². The van der Waals surface area contributed by atoms with Crippen molar-refractivity contribution in [3.8, 4) is 0 Å². The Balaban J connectivity index is 0.000000673. The highest BCUT2D eigenvalue weighted by atomic mass is 31.1. The van der Waals surface area contributed by atoms with Crippen LogP contribution in [-0.4, -0.2) is 16.0 Å². The van der Waals surface area contributed by atoms with E-state index in [4.69, 9.17) is 14.6 Å². The molecule has 0 aliphatic heterocycles.